The minimum atomic E-state index is -0.394. The first kappa shape index (κ1) is 15.6. The van der Waals surface area contributed by atoms with Gasteiger partial charge in [-0.05, 0) is 40.6 Å². The summed E-state index contributed by atoms with van der Waals surface area (Å²) in [6.45, 7) is 0.733. The molecule has 1 heterocycles. The van der Waals surface area contributed by atoms with Crippen LogP contribution in [-0.4, -0.2) is 10.5 Å². The van der Waals surface area contributed by atoms with Gasteiger partial charge in [0.2, 0.25) is 5.91 Å². The second-order valence-corrected chi connectivity index (χ2v) is 6.85. The number of amides is 1. The molecule has 4 aromatic carbocycles. The Morgan fingerprint density at radius 2 is 1.52 bits per heavy atom. The predicted octanol–water partition coefficient (Wildman–Crippen LogP) is 5.09. The molecule has 3 nitrogen and oxygen atoms in total. The van der Waals surface area contributed by atoms with E-state index in [1.54, 1.807) is 6.07 Å². The van der Waals surface area contributed by atoms with Gasteiger partial charge in [-0.2, -0.15) is 0 Å². The fraction of sp³-hybridized carbons (Fsp3) is 0.0417. The van der Waals surface area contributed by atoms with Crippen LogP contribution in [0.5, 0.6) is 0 Å². The third-order valence-electron chi connectivity index (χ3n) is 5.22. The number of carbonyl (C=O) groups is 1. The molecular weight excluding hydrogens is 332 g/mol. The zero-order valence-electron chi connectivity index (χ0n) is 14.7. The van der Waals surface area contributed by atoms with Gasteiger partial charge in [0, 0.05) is 28.4 Å². The summed E-state index contributed by atoms with van der Waals surface area (Å²) < 4.78 is 2.27. The van der Waals surface area contributed by atoms with Crippen molar-refractivity contribution in [1.82, 2.24) is 4.57 Å². The van der Waals surface area contributed by atoms with Crippen LogP contribution in [0.1, 0.15) is 15.9 Å². The molecule has 0 unspecified atom stereocenters. The number of hydrogen-bond acceptors (Lipinski definition) is 1. The molecule has 0 fully saturated rings. The van der Waals surface area contributed by atoms with E-state index in [1.807, 2.05) is 18.2 Å². The Balaban J connectivity index is 1.76. The number of nitrogens with two attached hydrogens (primary N) is 1. The third-order valence-corrected chi connectivity index (χ3v) is 5.22. The van der Waals surface area contributed by atoms with Gasteiger partial charge < -0.3 is 10.3 Å². The predicted molar refractivity (Wildman–Crippen MR) is 111 cm³/mol. The van der Waals surface area contributed by atoms with Crippen molar-refractivity contribution in [2.45, 2.75) is 6.54 Å². The first-order chi connectivity index (χ1) is 13.2. The van der Waals surface area contributed by atoms with Gasteiger partial charge in [0.1, 0.15) is 0 Å². The van der Waals surface area contributed by atoms with Crippen molar-refractivity contribution in [2.24, 2.45) is 5.73 Å². The lowest BCUT2D eigenvalue weighted by molar-refractivity contribution is 0.100. The lowest BCUT2D eigenvalue weighted by atomic mass is 10.1. The maximum Gasteiger partial charge on any atom is 0.249 e. The molecule has 130 valence electrons. The highest BCUT2D eigenvalue weighted by Gasteiger charge is 2.16. The Hall–Kier alpha value is -3.59. The smallest absolute Gasteiger partial charge is 0.249 e. The van der Waals surface area contributed by atoms with Gasteiger partial charge in [-0.3, -0.25) is 4.79 Å². The molecule has 0 saturated carbocycles. The second kappa shape index (κ2) is 5.99. The number of benzene rings is 4. The van der Waals surface area contributed by atoms with Crippen molar-refractivity contribution in [3.05, 3.63) is 96.1 Å². The van der Waals surface area contributed by atoms with E-state index >= 15 is 0 Å². The van der Waals surface area contributed by atoms with Crippen LogP contribution in [0.2, 0.25) is 0 Å². The Morgan fingerprint density at radius 3 is 2.37 bits per heavy atom. The number of primary amides is 1. The lowest BCUT2D eigenvalue weighted by Gasteiger charge is -2.09. The van der Waals surface area contributed by atoms with Crippen molar-refractivity contribution >= 4 is 38.5 Å². The Kier molecular flexibility index (Phi) is 3.47. The molecule has 0 atom stereocenters. The van der Waals surface area contributed by atoms with Crippen molar-refractivity contribution in [1.29, 1.82) is 0 Å². The summed E-state index contributed by atoms with van der Waals surface area (Å²) in [6.07, 6.45) is 0. The Morgan fingerprint density at radius 1 is 0.778 bits per heavy atom. The van der Waals surface area contributed by atoms with Crippen molar-refractivity contribution < 1.29 is 4.79 Å². The number of rotatable bonds is 3. The zero-order valence-corrected chi connectivity index (χ0v) is 14.7. The van der Waals surface area contributed by atoms with Gasteiger partial charge >= 0.3 is 0 Å². The van der Waals surface area contributed by atoms with Crippen LogP contribution in [0.25, 0.3) is 32.6 Å². The summed E-state index contributed by atoms with van der Waals surface area (Å²) in [5.41, 5.74) is 9.57. The van der Waals surface area contributed by atoms with Crippen LogP contribution in [0, 0.1) is 0 Å². The van der Waals surface area contributed by atoms with E-state index in [0.717, 1.165) is 28.4 Å². The Labute approximate surface area is 156 Å². The molecule has 0 bridgehead atoms. The average molecular weight is 350 g/mol. The summed E-state index contributed by atoms with van der Waals surface area (Å²) >= 11 is 0. The minimum absolute atomic E-state index is 0.394. The highest BCUT2D eigenvalue weighted by molar-refractivity contribution is 6.17. The molecule has 0 saturated heterocycles. The Bertz CT molecular complexity index is 1330. The number of fused-ring (bicyclic) bond motifs is 4. The molecule has 3 heteroatoms. The molecule has 1 amide bonds. The number of carbonyl (C=O) groups excluding carboxylic acids is 1. The topological polar surface area (TPSA) is 48.0 Å². The molecule has 0 aliphatic heterocycles. The quantitative estimate of drug-likeness (QED) is 0.484. The first-order valence-corrected chi connectivity index (χ1v) is 9.00. The van der Waals surface area contributed by atoms with E-state index < -0.39 is 5.91 Å². The number of aromatic nitrogens is 1. The summed E-state index contributed by atoms with van der Waals surface area (Å²) in [6, 6.07) is 28.9. The van der Waals surface area contributed by atoms with Crippen LogP contribution in [-0.2, 0) is 6.54 Å². The summed E-state index contributed by atoms with van der Waals surface area (Å²) in [5.74, 6) is -0.394. The maximum atomic E-state index is 12.0. The molecule has 2 N–H and O–H groups in total. The van der Waals surface area contributed by atoms with E-state index in [4.69, 9.17) is 5.73 Å². The molecule has 1 aromatic heterocycles. The average Bonchev–Trinajstić information content (AvgIpc) is 3.02. The normalized spacial score (nSPS) is 11.4. The van der Waals surface area contributed by atoms with Gasteiger partial charge in [-0.1, -0.05) is 60.7 Å². The van der Waals surface area contributed by atoms with Gasteiger partial charge in [-0.25, -0.2) is 0 Å². The minimum Gasteiger partial charge on any atom is -0.366 e. The lowest BCUT2D eigenvalue weighted by Crippen LogP contribution is -2.11. The molecule has 0 spiro atoms. The van der Waals surface area contributed by atoms with Crippen LogP contribution >= 0.6 is 0 Å². The molecule has 5 aromatic rings. The van der Waals surface area contributed by atoms with Gasteiger partial charge in [0.25, 0.3) is 0 Å². The van der Waals surface area contributed by atoms with E-state index in [9.17, 15) is 4.79 Å². The van der Waals surface area contributed by atoms with Crippen LogP contribution < -0.4 is 5.73 Å². The van der Waals surface area contributed by atoms with Gasteiger partial charge in [0.15, 0.2) is 0 Å². The molecule has 27 heavy (non-hydrogen) atoms. The van der Waals surface area contributed by atoms with Crippen molar-refractivity contribution in [3.63, 3.8) is 0 Å². The van der Waals surface area contributed by atoms with E-state index in [1.165, 1.54) is 16.3 Å². The fourth-order valence-electron chi connectivity index (χ4n) is 3.99. The maximum absolute atomic E-state index is 12.0. The van der Waals surface area contributed by atoms with Gasteiger partial charge in [0.05, 0.1) is 5.52 Å². The first-order valence-electron chi connectivity index (χ1n) is 9.00. The van der Waals surface area contributed by atoms with Crippen molar-refractivity contribution in [3.8, 4) is 0 Å². The highest BCUT2D eigenvalue weighted by Crippen LogP contribution is 2.32. The van der Waals surface area contributed by atoms with E-state index in [0.29, 0.717) is 5.56 Å². The second-order valence-electron chi connectivity index (χ2n) is 6.85. The zero-order chi connectivity index (χ0) is 18.4. The molecular formula is C24H18N2O. The van der Waals surface area contributed by atoms with Gasteiger partial charge in [-0.15, -0.1) is 0 Å². The largest absolute Gasteiger partial charge is 0.366 e. The van der Waals surface area contributed by atoms with Crippen LogP contribution in [0.4, 0.5) is 0 Å². The summed E-state index contributed by atoms with van der Waals surface area (Å²) in [5, 5.41) is 4.46. The number of hydrogen-bond donors (Lipinski definition) is 1. The van der Waals surface area contributed by atoms with Crippen molar-refractivity contribution in [2.75, 3.05) is 0 Å². The third kappa shape index (κ3) is 2.48. The molecule has 0 radical (unpaired) electrons. The fourth-order valence-corrected chi connectivity index (χ4v) is 3.99. The van der Waals surface area contributed by atoms with E-state index in [-0.39, 0.29) is 0 Å². The molecule has 0 aliphatic carbocycles. The highest BCUT2D eigenvalue weighted by atomic mass is 16.1. The van der Waals surface area contributed by atoms with Crippen LogP contribution in [0.15, 0.2) is 84.9 Å². The summed E-state index contributed by atoms with van der Waals surface area (Å²) in [4.78, 5) is 12.0. The molecule has 5 rings (SSSR count). The standard InChI is InChI=1S/C24H18N2O/c25-24(27)20-9-5-11-22-23(20)19-8-3-4-10-21(19)26(22)15-16-12-13-17-6-1-2-7-18(17)14-16/h1-14H,15H2,(H2,25,27). The number of para-hydroxylation sites is 1. The SMILES string of the molecule is NC(=O)c1cccc2c1c1ccccc1n2Cc1ccc2ccccc2c1. The monoisotopic (exact) mass is 350 g/mol. The summed E-state index contributed by atoms with van der Waals surface area (Å²) in [7, 11) is 0. The van der Waals surface area contributed by atoms with Crippen LogP contribution in [0.3, 0.4) is 0 Å². The number of nitrogens with zero attached hydrogens (tertiary/aromatic N) is 1. The van der Waals surface area contributed by atoms with E-state index in [2.05, 4.69) is 65.2 Å². The molecule has 0 aliphatic rings.